The molecule has 8 heteroatoms. The van der Waals surface area contributed by atoms with Crippen LogP contribution in [-0.2, 0) is 0 Å². The van der Waals surface area contributed by atoms with Crippen LogP contribution in [0.25, 0.3) is 11.2 Å². The first kappa shape index (κ1) is 15.9. The Kier molecular flexibility index (Phi) is 4.43. The summed E-state index contributed by atoms with van der Waals surface area (Å²) in [6, 6.07) is 8.80. The SMILES string of the molecule is CCN(C(=O)O)c1cc(Nc2ccc(Cl)cc2)c2nccnc2n1. The lowest BCUT2D eigenvalue weighted by atomic mass is 10.2. The number of pyridine rings is 1. The highest BCUT2D eigenvalue weighted by Crippen LogP contribution is 2.28. The number of hydrogen-bond acceptors (Lipinski definition) is 5. The van der Waals surface area contributed by atoms with Crippen LogP contribution in [0.3, 0.4) is 0 Å². The molecule has 0 aliphatic heterocycles. The van der Waals surface area contributed by atoms with Crippen LogP contribution in [0.4, 0.5) is 22.0 Å². The quantitative estimate of drug-likeness (QED) is 0.745. The van der Waals surface area contributed by atoms with Crippen LogP contribution in [0.2, 0.25) is 5.02 Å². The number of anilines is 3. The van der Waals surface area contributed by atoms with E-state index in [4.69, 9.17) is 11.6 Å². The third kappa shape index (κ3) is 3.21. The van der Waals surface area contributed by atoms with E-state index in [2.05, 4.69) is 20.3 Å². The second-order valence-electron chi connectivity index (χ2n) is 4.92. The van der Waals surface area contributed by atoms with Crippen molar-refractivity contribution in [3.8, 4) is 0 Å². The van der Waals surface area contributed by atoms with E-state index >= 15 is 0 Å². The molecule has 1 amide bonds. The van der Waals surface area contributed by atoms with Gasteiger partial charge in [0.2, 0.25) is 0 Å². The Bertz CT molecular complexity index is 885. The van der Waals surface area contributed by atoms with Crippen LogP contribution in [0.1, 0.15) is 6.92 Å². The molecule has 2 aromatic heterocycles. The molecule has 2 N–H and O–H groups in total. The molecule has 0 radical (unpaired) electrons. The minimum atomic E-state index is -1.08. The smallest absolute Gasteiger partial charge is 0.413 e. The molecule has 122 valence electrons. The molecule has 24 heavy (non-hydrogen) atoms. The van der Waals surface area contributed by atoms with Crippen molar-refractivity contribution >= 4 is 46.1 Å². The van der Waals surface area contributed by atoms with E-state index in [-0.39, 0.29) is 12.4 Å². The van der Waals surface area contributed by atoms with Crippen molar-refractivity contribution in [1.29, 1.82) is 0 Å². The van der Waals surface area contributed by atoms with Crippen molar-refractivity contribution in [3.05, 3.63) is 47.7 Å². The van der Waals surface area contributed by atoms with Crippen LogP contribution in [-0.4, -0.2) is 32.7 Å². The lowest BCUT2D eigenvalue weighted by Crippen LogP contribution is -2.29. The highest BCUT2D eigenvalue weighted by atomic mass is 35.5. The minimum absolute atomic E-state index is 0.272. The van der Waals surface area contributed by atoms with E-state index in [0.29, 0.717) is 21.9 Å². The van der Waals surface area contributed by atoms with Gasteiger partial charge in [-0.25, -0.2) is 19.7 Å². The van der Waals surface area contributed by atoms with Crippen molar-refractivity contribution < 1.29 is 9.90 Å². The molecule has 2 heterocycles. The van der Waals surface area contributed by atoms with E-state index in [9.17, 15) is 9.90 Å². The number of carbonyl (C=O) groups is 1. The maximum absolute atomic E-state index is 11.4. The molecule has 7 nitrogen and oxygen atoms in total. The average Bonchev–Trinajstić information content (AvgIpc) is 2.57. The number of aromatic nitrogens is 3. The Morgan fingerprint density at radius 3 is 2.62 bits per heavy atom. The Hall–Kier alpha value is -2.93. The summed E-state index contributed by atoms with van der Waals surface area (Å²) in [4.78, 5) is 25.3. The molecule has 1 aromatic carbocycles. The zero-order chi connectivity index (χ0) is 17.1. The predicted octanol–water partition coefficient (Wildman–Crippen LogP) is 3.93. The molecule has 3 rings (SSSR count). The molecule has 3 aromatic rings. The van der Waals surface area contributed by atoms with Crippen LogP contribution >= 0.6 is 11.6 Å². The Balaban J connectivity index is 2.10. The van der Waals surface area contributed by atoms with Crippen molar-refractivity contribution in [2.75, 3.05) is 16.8 Å². The molecule has 0 fully saturated rings. The number of nitrogens with one attached hydrogen (secondary N) is 1. The first-order valence-electron chi connectivity index (χ1n) is 7.23. The summed E-state index contributed by atoms with van der Waals surface area (Å²) in [5.74, 6) is 0.287. The van der Waals surface area contributed by atoms with Gasteiger partial charge in [0.1, 0.15) is 11.3 Å². The maximum atomic E-state index is 11.4. The topological polar surface area (TPSA) is 91.2 Å². The number of fused-ring (bicyclic) bond motifs is 1. The lowest BCUT2D eigenvalue weighted by Gasteiger charge is -2.18. The van der Waals surface area contributed by atoms with Crippen molar-refractivity contribution in [2.24, 2.45) is 0 Å². The summed E-state index contributed by atoms with van der Waals surface area (Å²) in [6.07, 6.45) is 2.00. The molecule has 0 unspecified atom stereocenters. The van der Waals surface area contributed by atoms with E-state index in [1.165, 1.54) is 6.20 Å². The van der Waals surface area contributed by atoms with Gasteiger partial charge in [-0.2, -0.15) is 0 Å². The molecule has 0 saturated heterocycles. The Morgan fingerprint density at radius 1 is 1.25 bits per heavy atom. The van der Waals surface area contributed by atoms with Gasteiger partial charge in [0.05, 0.1) is 5.69 Å². The number of carboxylic acid groups (broad SMARTS) is 1. The van der Waals surface area contributed by atoms with E-state index in [1.54, 1.807) is 31.3 Å². The summed E-state index contributed by atoms with van der Waals surface area (Å²) in [5.41, 5.74) is 2.33. The lowest BCUT2D eigenvalue weighted by molar-refractivity contribution is 0.202. The van der Waals surface area contributed by atoms with E-state index < -0.39 is 6.09 Å². The Morgan fingerprint density at radius 2 is 1.96 bits per heavy atom. The standard InChI is InChI=1S/C16H14ClN5O2/c1-2-22(16(23)24)13-9-12(14-15(21-13)19-8-7-18-14)20-11-5-3-10(17)4-6-11/h3-9H,2H2,1H3,(H,23,24)(H,19,20,21). The summed E-state index contributed by atoms with van der Waals surface area (Å²) < 4.78 is 0. The highest BCUT2D eigenvalue weighted by Gasteiger charge is 2.17. The van der Waals surface area contributed by atoms with Gasteiger partial charge in [-0.3, -0.25) is 4.90 Å². The summed E-state index contributed by atoms with van der Waals surface area (Å²) in [5, 5.41) is 13.2. The molecule has 0 spiro atoms. The predicted molar refractivity (Wildman–Crippen MR) is 93.1 cm³/mol. The van der Waals surface area contributed by atoms with Gasteiger partial charge in [-0.15, -0.1) is 0 Å². The molecule has 0 saturated carbocycles. The van der Waals surface area contributed by atoms with Crippen molar-refractivity contribution in [3.63, 3.8) is 0 Å². The van der Waals surface area contributed by atoms with Crippen LogP contribution in [0.15, 0.2) is 42.7 Å². The largest absolute Gasteiger partial charge is 0.465 e. The minimum Gasteiger partial charge on any atom is -0.465 e. The summed E-state index contributed by atoms with van der Waals surface area (Å²) in [6.45, 7) is 2.01. The van der Waals surface area contributed by atoms with Gasteiger partial charge in [-0.05, 0) is 31.2 Å². The number of benzene rings is 1. The van der Waals surface area contributed by atoms with Crippen LogP contribution < -0.4 is 10.2 Å². The van der Waals surface area contributed by atoms with Gasteiger partial charge >= 0.3 is 6.09 Å². The van der Waals surface area contributed by atoms with E-state index in [0.717, 1.165) is 10.6 Å². The van der Waals surface area contributed by atoms with Crippen molar-refractivity contribution in [1.82, 2.24) is 15.0 Å². The second kappa shape index (κ2) is 6.67. The van der Waals surface area contributed by atoms with Gasteiger partial charge in [0, 0.05) is 35.7 Å². The van der Waals surface area contributed by atoms with Gasteiger partial charge < -0.3 is 10.4 Å². The number of amides is 1. The monoisotopic (exact) mass is 343 g/mol. The maximum Gasteiger partial charge on any atom is 0.413 e. The van der Waals surface area contributed by atoms with Gasteiger partial charge in [-0.1, -0.05) is 11.6 Å². The fraction of sp³-hybridized carbons (Fsp3) is 0.125. The number of halogens is 1. The third-order valence-corrected chi connectivity index (χ3v) is 3.63. The van der Waals surface area contributed by atoms with E-state index in [1.807, 2.05) is 12.1 Å². The number of nitrogens with zero attached hydrogens (tertiary/aromatic N) is 4. The van der Waals surface area contributed by atoms with Crippen LogP contribution in [0.5, 0.6) is 0 Å². The first-order chi connectivity index (χ1) is 11.6. The molecule has 0 aliphatic rings. The number of rotatable bonds is 4. The zero-order valence-corrected chi connectivity index (χ0v) is 13.5. The summed E-state index contributed by atoms with van der Waals surface area (Å²) in [7, 11) is 0. The zero-order valence-electron chi connectivity index (χ0n) is 12.8. The van der Waals surface area contributed by atoms with Crippen molar-refractivity contribution in [2.45, 2.75) is 6.92 Å². The molecular weight excluding hydrogens is 330 g/mol. The van der Waals surface area contributed by atoms with Gasteiger partial charge in [0.15, 0.2) is 5.65 Å². The molecule has 0 bridgehead atoms. The van der Waals surface area contributed by atoms with Gasteiger partial charge in [0.25, 0.3) is 0 Å². The second-order valence-corrected chi connectivity index (χ2v) is 5.35. The molecule has 0 aliphatic carbocycles. The molecule has 0 atom stereocenters. The Labute approximate surface area is 142 Å². The van der Waals surface area contributed by atoms with Crippen LogP contribution in [0, 0.1) is 0 Å². The number of hydrogen-bond donors (Lipinski definition) is 2. The third-order valence-electron chi connectivity index (χ3n) is 3.37. The fourth-order valence-corrected chi connectivity index (χ4v) is 2.38. The average molecular weight is 344 g/mol. The molecular formula is C16H14ClN5O2. The summed E-state index contributed by atoms with van der Waals surface area (Å²) >= 11 is 5.90. The fourth-order valence-electron chi connectivity index (χ4n) is 2.26. The first-order valence-corrected chi connectivity index (χ1v) is 7.61. The normalized spacial score (nSPS) is 10.6. The highest BCUT2D eigenvalue weighted by molar-refractivity contribution is 6.30.